The molecule has 1 unspecified atom stereocenters. The molecule has 5 rings (SSSR count). The van der Waals surface area contributed by atoms with Crippen molar-refractivity contribution in [1.29, 1.82) is 0 Å². The summed E-state index contributed by atoms with van der Waals surface area (Å²) in [7, 11) is 0. The molecule has 0 radical (unpaired) electrons. The van der Waals surface area contributed by atoms with Crippen LogP contribution in [0.3, 0.4) is 0 Å². The zero-order chi connectivity index (χ0) is 24.9. The maximum absolute atomic E-state index is 13.2. The van der Waals surface area contributed by atoms with Crippen LogP contribution in [0.15, 0.2) is 59.4 Å². The second-order valence-corrected chi connectivity index (χ2v) is 10.1. The number of hydrogen-bond donors (Lipinski definition) is 1. The number of H-pyrrole nitrogens is 1. The molecule has 2 aromatic carbocycles. The quantitative estimate of drug-likeness (QED) is 0.346. The third-order valence-corrected chi connectivity index (χ3v) is 7.57. The van der Waals surface area contributed by atoms with Crippen LogP contribution >= 0.6 is 0 Å². The van der Waals surface area contributed by atoms with Crippen molar-refractivity contribution in [3.63, 3.8) is 0 Å². The topological polar surface area (TPSA) is 79.7 Å². The van der Waals surface area contributed by atoms with Gasteiger partial charge in [0.15, 0.2) is 5.82 Å². The fourth-order valence-electron chi connectivity index (χ4n) is 5.64. The van der Waals surface area contributed by atoms with Crippen LogP contribution in [0, 0.1) is 6.92 Å². The number of pyridine rings is 1. The predicted molar refractivity (Wildman–Crippen MR) is 143 cm³/mol. The molecule has 0 amide bonds. The fraction of sp³-hybridized carbons (Fsp3) is 0.448. The van der Waals surface area contributed by atoms with E-state index in [1.165, 1.54) is 24.8 Å². The van der Waals surface area contributed by atoms with Gasteiger partial charge >= 0.3 is 0 Å². The van der Waals surface area contributed by atoms with E-state index in [9.17, 15) is 4.79 Å². The summed E-state index contributed by atoms with van der Waals surface area (Å²) in [5.41, 5.74) is 4.10. The van der Waals surface area contributed by atoms with Crippen molar-refractivity contribution in [2.45, 2.75) is 84.0 Å². The number of benzene rings is 2. The van der Waals surface area contributed by atoms with Gasteiger partial charge in [-0.2, -0.15) is 0 Å². The van der Waals surface area contributed by atoms with Crippen molar-refractivity contribution < 1.29 is 0 Å². The fourth-order valence-corrected chi connectivity index (χ4v) is 5.64. The smallest absolute Gasteiger partial charge is 0.252 e. The van der Waals surface area contributed by atoms with E-state index in [-0.39, 0.29) is 11.6 Å². The van der Waals surface area contributed by atoms with Gasteiger partial charge in [0, 0.05) is 30.2 Å². The van der Waals surface area contributed by atoms with Crippen LogP contribution in [0.4, 0.5) is 0 Å². The molecule has 1 N–H and O–H groups in total. The Morgan fingerprint density at radius 3 is 2.67 bits per heavy atom. The summed E-state index contributed by atoms with van der Waals surface area (Å²) in [4.78, 5) is 18.8. The summed E-state index contributed by atoms with van der Waals surface area (Å²) in [6, 6.07) is 19.2. The molecule has 1 aliphatic carbocycles. The van der Waals surface area contributed by atoms with Crippen LogP contribution in [0.25, 0.3) is 10.9 Å². The van der Waals surface area contributed by atoms with Crippen LogP contribution in [0.5, 0.6) is 0 Å². The highest BCUT2D eigenvalue weighted by Gasteiger charge is 2.32. The van der Waals surface area contributed by atoms with Gasteiger partial charge in [-0.05, 0) is 71.7 Å². The van der Waals surface area contributed by atoms with E-state index in [1.54, 1.807) is 0 Å². The average Bonchev–Trinajstić information content (AvgIpc) is 3.37. The largest absolute Gasteiger partial charge is 0.322 e. The molecule has 7 nitrogen and oxygen atoms in total. The number of fused-ring (bicyclic) bond motifs is 1. The number of hydrogen-bond acceptors (Lipinski definition) is 5. The zero-order valence-corrected chi connectivity index (χ0v) is 21.4. The van der Waals surface area contributed by atoms with Gasteiger partial charge in [-0.1, -0.05) is 68.7 Å². The van der Waals surface area contributed by atoms with Gasteiger partial charge in [-0.25, -0.2) is 4.68 Å². The molecule has 36 heavy (non-hydrogen) atoms. The van der Waals surface area contributed by atoms with E-state index in [0.29, 0.717) is 12.6 Å². The molecule has 2 aromatic heterocycles. The van der Waals surface area contributed by atoms with Crippen LogP contribution in [0.2, 0.25) is 0 Å². The highest BCUT2D eigenvalue weighted by atomic mass is 16.1. The van der Waals surface area contributed by atoms with E-state index < -0.39 is 0 Å². The zero-order valence-electron chi connectivity index (χ0n) is 21.4. The van der Waals surface area contributed by atoms with Crippen molar-refractivity contribution in [3.8, 4) is 0 Å². The summed E-state index contributed by atoms with van der Waals surface area (Å²) in [6.07, 6.45) is 7.79. The lowest BCUT2D eigenvalue weighted by atomic mass is 9.92. The van der Waals surface area contributed by atoms with E-state index in [1.807, 2.05) is 23.7 Å². The molecule has 1 saturated carbocycles. The van der Waals surface area contributed by atoms with E-state index in [4.69, 9.17) is 0 Å². The number of aromatic nitrogens is 5. The minimum atomic E-state index is -0.00701. The monoisotopic (exact) mass is 484 g/mol. The Hall–Kier alpha value is -3.32. The van der Waals surface area contributed by atoms with Crippen molar-refractivity contribution in [2.24, 2.45) is 0 Å². The third-order valence-electron chi connectivity index (χ3n) is 7.57. The SMILES string of the molecule is CCC(c1nnnn1CCc1ccccc1)N(Cc1cc2ccc(C)cc2[nH]c1=O)C1CCCCC1. The van der Waals surface area contributed by atoms with Gasteiger partial charge < -0.3 is 4.98 Å². The molecule has 1 fully saturated rings. The van der Waals surface area contributed by atoms with Crippen LogP contribution in [-0.4, -0.2) is 36.1 Å². The molecule has 0 saturated heterocycles. The maximum Gasteiger partial charge on any atom is 0.252 e. The number of aryl methyl sites for hydroxylation is 3. The number of nitrogens with zero attached hydrogens (tertiary/aromatic N) is 5. The molecular weight excluding hydrogens is 448 g/mol. The molecule has 4 aromatic rings. The van der Waals surface area contributed by atoms with Gasteiger partial charge in [0.05, 0.1) is 6.04 Å². The Balaban J connectivity index is 1.46. The summed E-state index contributed by atoms with van der Waals surface area (Å²) >= 11 is 0. The lowest BCUT2D eigenvalue weighted by molar-refractivity contribution is 0.0841. The molecule has 7 heteroatoms. The normalized spacial score (nSPS) is 15.5. The van der Waals surface area contributed by atoms with E-state index in [2.05, 4.69) is 74.8 Å². The summed E-state index contributed by atoms with van der Waals surface area (Å²) in [5.74, 6) is 0.895. The van der Waals surface area contributed by atoms with Gasteiger partial charge in [0.2, 0.25) is 0 Å². The molecule has 1 atom stereocenters. The first-order chi connectivity index (χ1) is 17.6. The molecular formula is C29H36N6O. The first kappa shape index (κ1) is 24.4. The Bertz CT molecular complexity index is 1340. The number of rotatable bonds is 9. The second-order valence-electron chi connectivity index (χ2n) is 10.1. The summed E-state index contributed by atoms with van der Waals surface area (Å²) in [5, 5.41) is 14.0. The summed E-state index contributed by atoms with van der Waals surface area (Å²) < 4.78 is 1.96. The molecule has 1 aliphatic rings. The standard InChI is InChI=1S/C29H36N6O/c1-3-27(28-31-32-33-35(28)17-16-22-10-6-4-7-11-22)34(25-12-8-5-9-13-25)20-24-19-23-15-14-21(2)18-26(23)30-29(24)36/h4,6-7,10-11,14-15,18-19,25,27H,3,5,8-9,12-13,16-17,20H2,1-2H3,(H,30,36). The predicted octanol–water partition coefficient (Wildman–Crippen LogP) is 5.35. The lowest BCUT2D eigenvalue weighted by Gasteiger charge is -2.39. The Labute approximate surface area is 212 Å². The number of tetrazole rings is 1. The minimum absolute atomic E-state index is 0.00701. The highest BCUT2D eigenvalue weighted by Crippen LogP contribution is 2.33. The molecule has 0 bridgehead atoms. The average molecular weight is 485 g/mol. The summed E-state index contributed by atoms with van der Waals surface area (Å²) in [6.45, 7) is 5.57. The van der Waals surface area contributed by atoms with Crippen molar-refractivity contribution >= 4 is 10.9 Å². The Morgan fingerprint density at radius 1 is 1.08 bits per heavy atom. The Morgan fingerprint density at radius 2 is 1.89 bits per heavy atom. The molecule has 2 heterocycles. The third kappa shape index (κ3) is 5.41. The van der Waals surface area contributed by atoms with Gasteiger partial charge in [0.1, 0.15) is 0 Å². The van der Waals surface area contributed by atoms with E-state index in [0.717, 1.165) is 60.1 Å². The van der Waals surface area contributed by atoms with Gasteiger partial charge in [-0.3, -0.25) is 9.69 Å². The van der Waals surface area contributed by atoms with Gasteiger partial charge in [-0.15, -0.1) is 5.10 Å². The molecule has 0 spiro atoms. The molecule has 188 valence electrons. The minimum Gasteiger partial charge on any atom is -0.322 e. The van der Waals surface area contributed by atoms with Crippen molar-refractivity contribution in [1.82, 2.24) is 30.1 Å². The number of aromatic amines is 1. The second kappa shape index (κ2) is 11.2. The van der Waals surface area contributed by atoms with Crippen LogP contribution < -0.4 is 5.56 Å². The van der Waals surface area contributed by atoms with Crippen molar-refractivity contribution in [2.75, 3.05) is 0 Å². The maximum atomic E-state index is 13.2. The molecule has 0 aliphatic heterocycles. The Kier molecular flexibility index (Phi) is 7.56. The first-order valence-electron chi connectivity index (χ1n) is 13.3. The van der Waals surface area contributed by atoms with Crippen LogP contribution in [-0.2, 0) is 19.5 Å². The van der Waals surface area contributed by atoms with Gasteiger partial charge in [0.25, 0.3) is 5.56 Å². The van der Waals surface area contributed by atoms with E-state index >= 15 is 0 Å². The van der Waals surface area contributed by atoms with Crippen LogP contribution in [0.1, 0.15) is 74.0 Å². The lowest BCUT2D eigenvalue weighted by Crippen LogP contribution is -2.41. The number of nitrogens with one attached hydrogen (secondary N) is 1. The highest BCUT2D eigenvalue weighted by molar-refractivity contribution is 5.79. The van der Waals surface area contributed by atoms with Crippen molar-refractivity contribution in [3.05, 3.63) is 87.5 Å². The first-order valence-corrected chi connectivity index (χ1v) is 13.3.